The maximum atomic E-state index is 4.41. The van der Waals surface area contributed by atoms with Crippen molar-refractivity contribution in [1.82, 2.24) is 29.8 Å². The molecule has 1 unspecified atom stereocenters. The molecule has 3 heterocycles. The Bertz CT molecular complexity index is 612. The van der Waals surface area contributed by atoms with Crippen LogP contribution in [0, 0.1) is 0 Å². The number of rotatable bonds is 3. The van der Waals surface area contributed by atoms with E-state index in [0.717, 1.165) is 17.3 Å². The molecule has 0 amide bonds. The molecule has 7 nitrogen and oxygen atoms in total. The minimum absolute atomic E-state index is 0.0235. The Hall–Kier alpha value is -2.44. The van der Waals surface area contributed by atoms with E-state index >= 15 is 0 Å². The van der Waals surface area contributed by atoms with Crippen LogP contribution in [0.1, 0.15) is 18.8 Å². The fourth-order valence-corrected chi connectivity index (χ4v) is 1.61. The Morgan fingerprint density at radius 1 is 1.41 bits per heavy atom. The summed E-state index contributed by atoms with van der Waals surface area (Å²) in [6.07, 6.45) is 5.06. The second-order valence-corrected chi connectivity index (χ2v) is 3.68. The molecule has 86 valence electrons. The minimum atomic E-state index is 0.0235. The average Bonchev–Trinajstić information content (AvgIpc) is 2.99. The molecule has 1 atom stereocenters. The summed E-state index contributed by atoms with van der Waals surface area (Å²) in [6, 6.07) is 3.74. The fourth-order valence-electron chi connectivity index (χ4n) is 1.61. The molecule has 3 aromatic rings. The van der Waals surface area contributed by atoms with E-state index in [2.05, 4.69) is 30.6 Å². The van der Waals surface area contributed by atoms with Crippen LogP contribution in [0.2, 0.25) is 0 Å². The third-order valence-electron chi connectivity index (χ3n) is 2.47. The monoisotopic (exact) mass is 229 g/mol. The number of fused-ring (bicyclic) bond motifs is 1. The van der Waals surface area contributed by atoms with Gasteiger partial charge in [-0.25, -0.2) is 14.5 Å². The molecule has 0 fully saturated rings. The Morgan fingerprint density at radius 3 is 3.18 bits per heavy atom. The van der Waals surface area contributed by atoms with Crippen LogP contribution in [0.5, 0.6) is 0 Å². The van der Waals surface area contributed by atoms with Gasteiger partial charge in [0.05, 0.1) is 12.2 Å². The number of aromatic amines is 1. The van der Waals surface area contributed by atoms with Crippen molar-refractivity contribution in [1.29, 1.82) is 0 Å². The number of hydrogen-bond acceptors (Lipinski definition) is 5. The van der Waals surface area contributed by atoms with E-state index in [1.165, 1.54) is 6.33 Å². The van der Waals surface area contributed by atoms with Gasteiger partial charge in [-0.1, -0.05) is 0 Å². The predicted octanol–water partition coefficient (Wildman–Crippen LogP) is 1.02. The number of nitrogens with one attached hydrogen (secondary N) is 2. The SMILES string of the molecule is CC(Nc1ccn2nccc2n1)c1ncn[nH]1. The van der Waals surface area contributed by atoms with Crippen molar-refractivity contribution in [3.63, 3.8) is 0 Å². The third kappa shape index (κ3) is 1.82. The summed E-state index contributed by atoms with van der Waals surface area (Å²) in [7, 11) is 0. The lowest BCUT2D eigenvalue weighted by Gasteiger charge is -2.11. The molecule has 7 heteroatoms. The van der Waals surface area contributed by atoms with E-state index in [-0.39, 0.29) is 6.04 Å². The first-order valence-electron chi connectivity index (χ1n) is 5.25. The van der Waals surface area contributed by atoms with Gasteiger partial charge in [-0.15, -0.1) is 0 Å². The van der Waals surface area contributed by atoms with Gasteiger partial charge < -0.3 is 5.32 Å². The van der Waals surface area contributed by atoms with Gasteiger partial charge >= 0.3 is 0 Å². The molecule has 0 spiro atoms. The van der Waals surface area contributed by atoms with E-state index in [1.54, 1.807) is 10.7 Å². The maximum absolute atomic E-state index is 4.41. The zero-order chi connectivity index (χ0) is 11.7. The molecular weight excluding hydrogens is 218 g/mol. The van der Waals surface area contributed by atoms with Gasteiger partial charge in [-0.05, 0) is 13.0 Å². The topological polar surface area (TPSA) is 83.8 Å². The summed E-state index contributed by atoms with van der Waals surface area (Å²) >= 11 is 0. The van der Waals surface area contributed by atoms with E-state index < -0.39 is 0 Å². The molecule has 0 aliphatic heterocycles. The smallest absolute Gasteiger partial charge is 0.157 e. The summed E-state index contributed by atoms with van der Waals surface area (Å²) < 4.78 is 1.71. The second kappa shape index (κ2) is 3.85. The van der Waals surface area contributed by atoms with Gasteiger partial charge in [0.25, 0.3) is 0 Å². The van der Waals surface area contributed by atoms with Crippen molar-refractivity contribution in [3.05, 3.63) is 36.7 Å². The minimum Gasteiger partial charge on any atom is -0.360 e. The maximum Gasteiger partial charge on any atom is 0.157 e. The van der Waals surface area contributed by atoms with Crippen LogP contribution in [0.3, 0.4) is 0 Å². The van der Waals surface area contributed by atoms with Crippen molar-refractivity contribution in [2.24, 2.45) is 0 Å². The number of hydrogen-bond donors (Lipinski definition) is 2. The summed E-state index contributed by atoms with van der Waals surface area (Å²) in [6.45, 7) is 1.99. The van der Waals surface area contributed by atoms with E-state index in [1.807, 2.05) is 25.3 Å². The quantitative estimate of drug-likeness (QED) is 0.700. The summed E-state index contributed by atoms with van der Waals surface area (Å²) in [5, 5.41) is 14.0. The van der Waals surface area contributed by atoms with Crippen LogP contribution >= 0.6 is 0 Å². The highest BCUT2D eigenvalue weighted by atomic mass is 15.3. The lowest BCUT2D eigenvalue weighted by Crippen LogP contribution is -2.10. The molecule has 2 N–H and O–H groups in total. The van der Waals surface area contributed by atoms with Gasteiger partial charge in [-0.2, -0.15) is 10.2 Å². The molecule has 0 aliphatic carbocycles. The highest BCUT2D eigenvalue weighted by Gasteiger charge is 2.08. The highest BCUT2D eigenvalue weighted by molar-refractivity contribution is 5.46. The zero-order valence-electron chi connectivity index (χ0n) is 9.20. The first kappa shape index (κ1) is 9.76. The molecular formula is C10H11N7. The van der Waals surface area contributed by atoms with E-state index in [0.29, 0.717) is 0 Å². The number of H-pyrrole nitrogens is 1. The van der Waals surface area contributed by atoms with Crippen molar-refractivity contribution < 1.29 is 0 Å². The Kier molecular flexibility index (Phi) is 2.21. The van der Waals surface area contributed by atoms with Crippen molar-refractivity contribution in [2.75, 3.05) is 5.32 Å². The van der Waals surface area contributed by atoms with Crippen LogP contribution in [-0.2, 0) is 0 Å². The van der Waals surface area contributed by atoms with Crippen LogP contribution in [0.4, 0.5) is 5.82 Å². The van der Waals surface area contributed by atoms with Crippen molar-refractivity contribution in [2.45, 2.75) is 13.0 Å². The van der Waals surface area contributed by atoms with Gasteiger partial charge in [0, 0.05) is 12.3 Å². The molecule has 0 aliphatic rings. The lowest BCUT2D eigenvalue weighted by atomic mass is 10.3. The zero-order valence-corrected chi connectivity index (χ0v) is 9.20. The highest BCUT2D eigenvalue weighted by Crippen LogP contribution is 2.14. The van der Waals surface area contributed by atoms with Crippen LogP contribution < -0.4 is 5.32 Å². The Morgan fingerprint density at radius 2 is 2.35 bits per heavy atom. The first-order chi connectivity index (χ1) is 8.33. The van der Waals surface area contributed by atoms with Crippen molar-refractivity contribution in [3.8, 4) is 0 Å². The van der Waals surface area contributed by atoms with Crippen LogP contribution in [0.15, 0.2) is 30.9 Å². The summed E-state index contributed by atoms with van der Waals surface area (Å²) in [5.41, 5.74) is 0.805. The standard InChI is InChI=1S/C10H11N7/c1-7(10-11-6-12-16-10)14-8-3-5-17-9(15-8)2-4-13-17/h2-7H,1H3,(H,14,15)(H,11,12,16). The number of nitrogens with zero attached hydrogens (tertiary/aromatic N) is 5. The first-order valence-corrected chi connectivity index (χ1v) is 5.25. The Balaban J connectivity index is 1.84. The lowest BCUT2D eigenvalue weighted by molar-refractivity contribution is 0.788. The molecule has 0 radical (unpaired) electrons. The normalized spacial score (nSPS) is 12.8. The van der Waals surface area contributed by atoms with Crippen LogP contribution in [0.25, 0.3) is 5.65 Å². The molecule has 17 heavy (non-hydrogen) atoms. The fraction of sp³-hybridized carbons (Fsp3) is 0.200. The van der Waals surface area contributed by atoms with Gasteiger partial charge in [0.15, 0.2) is 5.65 Å². The molecule has 3 rings (SSSR count). The number of anilines is 1. The van der Waals surface area contributed by atoms with Crippen molar-refractivity contribution >= 4 is 11.5 Å². The predicted molar refractivity (Wildman–Crippen MR) is 61.4 cm³/mol. The van der Waals surface area contributed by atoms with E-state index in [4.69, 9.17) is 0 Å². The summed E-state index contributed by atoms with van der Waals surface area (Å²) in [5.74, 6) is 1.56. The van der Waals surface area contributed by atoms with E-state index in [9.17, 15) is 0 Å². The second-order valence-electron chi connectivity index (χ2n) is 3.68. The third-order valence-corrected chi connectivity index (χ3v) is 2.47. The number of aromatic nitrogens is 6. The van der Waals surface area contributed by atoms with Gasteiger partial charge in [0.2, 0.25) is 0 Å². The molecule has 0 saturated heterocycles. The average molecular weight is 229 g/mol. The molecule has 0 aromatic carbocycles. The largest absolute Gasteiger partial charge is 0.360 e. The molecule has 0 bridgehead atoms. The molecule has 0 saturated carbocycles. The Labute approximate surface area is 96.9 Å². The van der Waals surface area contributed by atoms with Gasteiger partial charge in [0.1, 0.15) is 18.0 Å². The van der Waals surface area contributed by atoms with Gasteiger partial charge in [-0.3, -0.25) is 5.10 Å². The van der Waals surface area contributed by atoms with Crippen LogP contribution in [-0.4, -0.2) is 29.8 Å². The summed E-state index contributed by atoms with van der Waals surface area (Å²) in [4.78, 5) is 8.50. The molecule has 3 aromatic heterocycles.